The Balaban J connectivity index is 1.56. The van der Waals surface area contributed by atoms with Crippen LogP contribution in [-0.4, -0.2) is 58.3 Å². The van der Waals surface area contributed by atoms with Crippen LogP contribution in [0.5, 0.6) is 0 Å². The van der Waals surface area contributed by atoms with Gasteiger partial charge in [-0.2, -0.15) is 0 Å². The summed E-state index contributed by atoms with van der Waals surface area (Å²) in [7, 11) is 0. The third-order valence-electron chi connectivity index (χ3n) is 4.34. The molecule has 0 spiro atoms. The molecule has 1 aromatic heterocycles. The van der Waals surface area contributed by atoms with Crippen molar-refractivity contribution in [1.82, 2.24) is 14.2 Å². The number of amides is 2. The number of primary amides is 1. The molecule has 1 aliphatic heterocycles. The first kappa shape index (κ1) is 22.0. The number of nitrogens with two attached hydrogens (primary N) is 1. The molecule has 0 saturated carbocycles. The first-order valence-electron chi connectivity index (χ1n) is 9.16. The summed E-state index contributed by atoms with van der Waals surface area (Å²) in [6.45, 7) is 5.00. The Hall–Kier alpha value is -1.65. The van der Waals surface area contributed by atoms with E-state index in [1.54, 1.807) is 9.69 Å². The van der Waals surface area contributed by atoms with Crippen LogP contribution in [0.25, 0.3) is 0 Å². The van der Waals surface area contributed by atoms with E-state index < -0.39 is 5.91 Å². The zero-order chi connectivity index (χ0) is 20.8. The molecular formula is C19H23ClN4O3S2. The van der Waals surface area contributed by atoms with Crippen molar-refractivity contribution in [2.75, 3.05) is 26.2 Å². The molecule has 1 aliphatic rings. The molecule has 0 radical (unpaired) electrons. The highest BCUT2D eigenvalue weighted by Crippen LogP contribution is 2.27. The van der Waals surface area contributed by atoms with Gasteiger partial charge in [0.05, 0.1) is 31.4 Å². The normalized spacial score (nSPS) is 17.2. The highest BCUT2D eigenvalue weighted by Gasteiger charge is 2.25. The van der Waals surface area contributed by atoms with Crippen LogP contribution in [0.1, 0.15) is 18.2 Å². The molecule has 3 rings (SSSR count). The Kier molecular flexibility index (Phi) is 7.91. The van der Waals surface area contributed by atoms with Gasteiger partial charge in [0, 0.05) is 48.9 Å². The van der Waals surface area contributed by atoms with Gasteiger partial charge in [0.1, 0.15) is 0 Å². The second kappa shape index (κ2) is 10.4. The Bertz CT molecular complexity index is 846. The predicted molar refractivity (Wildman–Crippen MR) is 115 cm³/mol. The first-order valence-corrected chi connectivity index (χ1v) is 11.2. The molecule has 1 fully saturated rings. The van der Waals surface area contributed by atoms with Crippen LogP contribution >= 0.6 is 34.9 Å². The summed E-state index contributed by atoms with van der Waals surface area (Å²) in [5, 5.41) is 2.51. The minimum atomic E-state index is -0.424. The van der Waals surface area contributed by atoms with E-state index >= 15 is 0 Å². The second-order valence-corrected chi connectivity index (χ2v) is 9.34. The van der Waals surface area contributed by atoms with E-state index in [0.717, 1.165) is 24.7 Å². The number of thiazole rings is 1. The molecule has 156 valence electrons. The summed E-state index contributed by atoms with van der Waals surface area (Å²) in [6.07, 6.45) is 0.0141. The summed E-state index contributed by atoms with van der Waals surface area (Å²) in [6, 6.07) is 7.83. The fourth-order valence-corrected chi connectivity index (χ4v) is 4.95. The lowest BCUT2D eigenvalue weighted by Gasteiger charge is -2.35. The monoisotopic (exact) mass is 454 g/mol. The van der Waals surface area contributed by atoms with E-state index in [0.29, 0.717) is 23.2 Å². The van der Waals surface area contributed by atoms with Crippen LogP contribution in [0, 0.1) is 0 Å². The topological polar surface area (TPSA) is 88.8 Å². The number of carbonyl (C=O) groups is 2. The maximum Gasteiger partial charge on any atom is 0.229 e. The van der Waals surface area contributed by atoms with E-state index in [1.165, 1.54) is 35.8 Å². The van der Waals surface area contributed by atoms with E-state index in [9.17, 15) is 9.59 Å². The molecule has 1 atom stereocenters. The van der Waals surface area contributed by atoms with E-state index in [1.807, 2.05) is 24.3 Å². The Morgan fingerprint density at radius 3 is 2.86 bits per heavy atom. The van der Waals surface area contributed by atoms with E-state index in [4.69, 9.17) is 22.1 Å². The van der Waals surface area contributed by atoms with Crippen LogP contribution in [-0.2, 0) is 27.3 Å². The number of ether oxygens (including phenoxy) is 1. The summed E-state index contributed by atoms with van der Waals surface area (Å²) in [5.74, 6) is -0.494. The summed E-state index contributed by atoms with van der Waals surface area (Å²) < 4.78 is 8.25. The van der Waals surface area contributed by atoms with Crippen molar-refractivity contribution in [3.8, 4) is 0 Å². The van der Waals surface area contributed by atoms with Crippen molar-refractivity contribution < 1.29 is 14.3 Å². The van der Waals surface area contributed by atoms with E-state index in [2.05, 4.69) is 9.88 Å². The van der Waals surface area contributed by atoms with Crippen LogP contribution in [0.15, 0.2) is 34.0 Å². The van der Waals surface area contributed by atoms with Gasteiger partial charge >= 0.3 is 0 Å². The van der Waals surface area contributed by atoms with Crippen molar-refractivity contribution >= 4 is 46.7 Å². The van der Waals surface area contributed by atoms with Gasteiger partial charge in [-0.25, -0.2) is 4.98 Å². The highest BCUT2D eigenvalue weighted by atomic mass is 35.5. The maximum atomic E-state index is 12.1. The number of benzene rings is 1. The number of carbonyl (C=O) groups excluding carboxylic acids is 2. The van der Waals surface area contributed by atoms with Crippen molar-refractivity contribution in [2.45, 2.75) is 30.3 Å². The van der Waals surface area contributed by atoms with Crippen molar-refractivity contribution in [3.63, 3.8) is 0 Å². The third kappa shape index (κ3) is 6.97. The molecular weight excluding hydrogens is 432 g/mol. The van der Waals surface area contributed by atoms with Gasteiger partial charge in [0.25, 0.3) is 0 Å². The lowest BCUT2D eigenvalue weighted by atomic mass is 10.2. The Labute approximate surface area is 183 Å². The first-order chi connectivity index (χ1) is 13.9. The van der Waals surface area contributed by atoms with Crippen LogP contribution in [0.2, 0.25) is 5.02 Å². The molecule has 1 aromatic carbocycles. The summed E-state index contributed by atoms with van der Waals surface area (Å²) in [4.78, 5) is 29.9. The minimum Gasteiger partial charge on any atom is -0.374 e. The zero-order valence-electron chi connectivity index (χ0n) is 16.0. The number of morpholine rings is 1. The average Bonchev–Trinajstić information content (AvgIpc) is 3.09. The second-order valence-electron chi connectivity index (χ2n) is 6.77. The smallest absolute Gasteiger partial charge is 0.229 e. The van der Waals surface area contributed by atoms with Gasteiger partial charge in [-0.1, -0.05) is 23.7 Å². The SMILES string of the molecule is CC(=O)N(C[C@@H]1CN(Cc2ccc(Cl)cc2)CCO1)Sc1nc(CC(N)=O)cs1. The average molecular weight is 455 g/mol. The zero-order valence-corrected chi connectivity index (χ0v) is 18.4. The number of hydrogen-bond acceptors (Lipinski definition) is 7. The standard InChI is InChI=1S/C19H23ClN4O3S2/c1-13(25)24(29-19-22-16(12-28-19)8-18(21)26)11-17-10-23(6-7-27-17)9-14-2-4-15(20)5-3-14/h2-5,12,17H,6-11H2,1H3,(H2,21,26)/t17-/m0/s1. The van der Waals surface area contributed by atoms with E-state index in [-0.39, 0.29) is 18.4 Å². The Morgan fingerprint density at radius 1 is 1.41 bits per heavy atom. The molecule has 0 bridgehead atoms. The number of aromatic nitrogens is 1. The molecule has 2 N–H and O–H groups in total. The Morgan fingerprint density at radius 2 is 2.17 bits per heavy atom. The fourth-order valence-electron chi connectivity index (χ4n) is 2.98. The molecule has 29 heavy (non-hydrogen) atoms. The molecule has 2 amide bonds. The largest absolute Gasteiger partial charge is 0.374 e. The number of hydrogen-bond donors (Lipinski definition) is 1. The number of halogens is 1. The number of nitrogens with zero attached hydrogens (tertiary/aromatic N) is 3. The van der Waals surface area contributed by atoms with Gasteiger partial charge in [0.2, 0.25) is 11.8 Å². The molecule has 7 nitrogen and oxygen atoms in total. The molecule has 2 aromatic rings. The lowest BCUT2D eigenvalue weighted by molar-refractivity contribution is -0.126. The quantitative estimate of drug-likeness (QED) is 0.617. The third-order valence-corrected chi connectivity index (χ3v) is 6.66. The molecule has 0 unspecified atom stereocenters. The summed E-state index contributed by atoms with van der Waals surface area (Å²) >= 11 is 8.62. The minimum absolute atomic E-state index is 0.0694. The molecule has 2 heterocycles. The van der Waals surface area contributed by atoms with Gasteiger partial charge in [0.15, 0.2) is 4.34 Å². The van der Waals surface area contributed by atoms with Crippen molar-refractivity contribution in [2.24, 2.45) is 5.73 Å². The van der Waals surface area contributed by atoms with Gasteiger partial charge in [-0.3, -0.25) is 18.8 Å². The lowest BCUT2D eigenvalue weighted by Crippen LogP contribution is -2.46. The van der Waals surface area contributed by atoms with Crippen LogP contribution in [0.3, 0.4) is 0 Å². The highest BCUT2D eigenvalue weighted by molar-refractivity contribution is 7.99. The fraction of sp³-hybridized carbons (Fsp3) is 0.421. The maximum absolute atomic E-state index is 12.1. The predicted octanol–water partition coefficient (Wildman–Crippen LogP) is 2.58. The molecule has 10 heteroatoms. The van der Waals surface area contributed by atoms with Crippen molar-refractivity contribution in [1.29, 1.82) is 0 Å². The van der Waals surface area contributed by atoms with Gasteiger partial charge in [-0.15, -0.1) is 11.3 Å². The van der Waals surface area contributed by atoms with Crippen molar-refractivity contribution in [3.05, 3.63) is 45.9 Å². The van der Waals surface area contributed by atoms with Crippen LogP contribution in [0.4, 0.5) is 0 Å². The van der Waals surface area contributed by atoms with Crippen LogP contribution < -0.4 is 5.73 Å². The van der Waals surface area contributed by atoms with Gasteiger partial charge < -0.3 is 10.5 Å². The van der Waals surface area contributed by atoms with Gasteiger partial charge in [-0.05, 0) is 17.7 Å². The molecule has 1 saturated heterocycles. The molecule has 0 aliphatic carbocycles. The number of rotatable bonds is 8. The summed E-state index contributed by atoms with van der Waals surface area (Å²) in [5.41, 5.74) is 7.02.